The van der Waals surface area contributed by atoms with E-state index in [1.54, 1.807) is 0 Å². The number of ether oxygens (including phenoxy) is 1. The van der Waals surface area contributed by atoms with Gasteiger partial charge < -0.3 is 0 Å². The first-order chi connectivity index (χ1) is 11.4. The van der Waals surface area contributed by atoms with Crippen LogP contribution in [-0.2, 0) is 4.74 Å². The second-order valence-electron chi connectivity index (χ2n) is 5.20. The van der Waals surface area contributed by atoms with Gasteiger partial charge in [-0.15, -0.1) is 0 Å². The number of rotatable bonds is 6. The normalized spacial score (nSPS) is 17.3. The first-order valence-electron chi connectivity index (χ1n) is 7.62. The number of hydrogen-bond donors (Lipinski definition) is 1. The van der Waals surface area contributed by atoms with Gasteiger partial charge in [-0.3, -0.25) is 0 Å². The fraction of sp³-hybridized carbons (Fsp3) is 0.211. The summed E-state index contributed by atoms with van der Waals surface area (Å²) in [6, 6.07) is 18.5. The fourth-order valence-corrected chi connectivity index (χ4v) is 4.11. The van der Waals surface area contributed by atoms with E-state index < -0.39 is 0 Å². The Bertz CT molecular complexity index is 698. The molecular formula is C19H19NO2Se. The van der Waals surface area contributed by atoms with Crippen molar-refractivity contribution in [2.75, 3.05) is 13.2 Å². The van der Waals surface area contributed by atoms with Crippen molar-refractivity contribution in [3.63, 3.8) is 0 Å². The van der Waals surface area contributed by atoms with Gasteiger partial charge in [-0.2, -0.15) is 0 Å². The van der Waals surface area contributed by atoms with Crippen molar-refractivity contribution in [1.82, 2.24) is 0 Å². The summed E-state index contributed by atoms with van der Waals surface area (Å²) < 4.78 is 6.93. The first kappa shape index (κ1) is 16.0. The number of nitrogens with zero attached hydrogens (tertiary/aromatic N) is 1. The van der Waals surface area contributed by atoms with Crippen LogP contribution in [0, 0.1) is 0 Å². The average molecular weight is 372 g/mol. The van der Waals surface area contributed by atoms with E-state index in [2.05, 4.69) is 47.5 Å². The quantitative estimate of drug-likeness (QED) is 0.791. The van der Waals surface area contributed by atoms with E-state index >= 15 is 0 Å². The summed E-state index contributed by atoms with van der Waals surface area (Å²) in [7, 11) is 0. The van der Waals surface area contributed by atoms with Crippen molar-refractivity contribution >= 4 is 31.4 Å². The summed E-state index contributed by atoms with van der Waals surface area (Å²) >= 11 is 0.324. The molecule has 3 rings (SSSR count). The molecule has 0 bridgehead atoms. The third-order valence-corrected chi connectivity index (χ3v) is 5.64. The van der Waals surface area contributed by atoms with Crippen molar-refractivity contribution in [3.05, 3.63) is 71.8 Å². The molecular weight excluding hydrogens is 353 g/mol. The molecule has 0 aliphatic carbocycles. The molecule has 0 amide bonds. The zero-order valence-corrected chi connectivity index (χ0v) is 14.5. The van der Waals surface area contributed by atoms with E-state index in [1.165, 1.54) is 10.0 Å². The van der Waals surface area contributed by atoms with Crippen LogP contribution in [-0.4, -0.2) is 45.2 Å². The van der Waals surface area contributed by atoms with Crippen molar-refractivity contribution in [2.45, 2.75) is 11.4 Å². The Labute approximate surface area is 142 Å². The predicted octanol–water partition coefficient (Wildman–Crippen LogP) is 2.29. The average Bonchev–Trinajstić information content (AvgIpc) is 3.09. The third-order valence-electron chi connectivity index (χ3n) is 3.49. The molecule has 0 unspecified atom stereocenters. The molecule has 0 aromatic heterocycles. The van der Waals surface area contributed by atoms with E-state index in [0.717, 1.165) is 10.9 Å². The fourth-order valence-electron chi connectivity index (χ4n) is 2.31. The van der Waals surface area contributed by atoms with Crippen LogP contribution in [0.2, 0.25) is 5.32 Å². The summed E-state index contributed by atoms with van der Waals surface area (Å²) in [5.41, 5.74) is 2.29. The van der Waals surface area contributed by atoms with Gasteiger partial charge in [-0.1, -0.05) is 0 Å². The summed E-state index contributed by atoms with van der Waals surface area (Å²) in [5, 5.41) is 10.2. The van der Waals surface area contributed by atoms with Gasteiger partial charge >= 0.3 is 143 Å². The van der Waals surface area contributed by atoms with Gasteiger partial charge in [0.05, 0.1) is 0 Å². The third kappa shape index (κ3) is 4.32. The summed E-state index contributed by atoms with van der Waals surface area (Å²) in [5.74, 6) is 0.675. The van der Waals surface area contributed by atoms with Gasteiger partial charge in [-0.25, -0.2) is 0 Å². The summed E-state index contributed by atoms with van der Waals surface area (Å²) in [6.07, 6.45) is 4.38. The van der Waals surface area contributed by atoms with Crippen LogP contribution in [0.1, 0.15) is 11.1 Å². The van der Waals surface area contributed by atoms with Crippen LogP contribution < -0.4 is 4.46 Å². The zero-order chi connectivity index (χ0) is 15.9. The minimum atomic E-state index is -0.122. The standard InChI is InChI=1S/C19H19NO2Se/c21-13-16-14-22-19(20-16)17-10-4-5-11-18(17)23-12-6-9-15-7-2-1-3-8-15/h1-11,16,21H,12-14H2/b9-6+/t16-/m0/s1. The molecule has 118 valence electrons. The SMILES string of the molecule is OC[C@H]1COC(c2ccccc2[Se]C/C=C/c2ccccc2)=N1. The molecule has 1 aliphatic heterocycles. The Morgan fingerprint density at radius 2 is 1.91 bits per heavy atom. The van der Waals surface area contributed by atoms with Gasteiger partial charge in [0.15, 0.2) is 0 Å². The number of benzene rings is 2. The second kappa shape index (κ2) is 8.11. The zero-order valence-electron chi connectivity index (χ0n) is 12.8. The Balaban J connectivity index is 1.66. The molecule has 1 heterocycles. The molecule has 4 heteroatoms. The number of allylic oxidation sites excluding steroid dienone is 1. The molecule has 2 aromatic rings. The van der Waals surface area contributed by atoms with Crippen molar-refractivity contribution in [1.29, 1.82) is 0 Å². The predicted molar refractivity (Wildman–Crippen MR) is 95.5 cm³/mol. The van der Waals surface area contributed by atoms with Crippen molar-refractivity contribution in [3.8, 4) is 0 Å². The number of aliphatic hydroxyl groups excluding tert-OH is 1. The van der Waals surface area contributed by atoms with Gasteiger partial charge in [-0.05, 0) is 0 Å². The van der Waals surface area contributed by atoms with Crippen LogP contribution in [0.25, 0.3) is 6.08 Å². The Hall–Kier alpha value is -1.87. The van der Waals surface area contributed by atoms with E-state index in [-0.39, 0.29) is 12.6 Å². The Kier molecular flexibility index (Phi) is 5.65. The van der Waals surface area contributed by atoms with Crippen LogP contribution in [0.5, 0.6) is 0 Å². The molecule has 0 saturated carbocycles. The number of aliphatic hydroxyl groups is 1. The van der Waals surface area contributed by atoms with Crippen molar-refractivity contribution in [2.24, 2.45) is 4.99 Å². The van der Waals surface area contributed by atoms with Crippen LogP contribution in [0.3, 0.4) is 0 Å². The van der Waals surface area contributed by atoms with Crippen LogP contribution in [0.15, 0.2) is 65.7 Å². The van der Waals surface area contributed by atoms with Gasteiger partial charge in [0.1, 0.15) is 0 Å². The maximum atomic E-state index is 9.19. The maximum absolute atomic E-state index is 9.19. The van der Waals surface area contributed by atoms with Crippen molar-refractivity contribution < 1.29 is 9.84 Å². The molecule has 0 saturated heterocycles. The topological polar surface area (TPSA) is 41.8 Å². The molecule has 1 N–H and O–H groups in total. The minimum absolute atomic E-state index is 0.0383. The number of aliphatic imine (C=N–C) groups is 1. The van der Waals surface area contributed by atoms with Gasteiger partial charge in [0.25, 0.3) is 0 Å². The Morgan fingerprint density at radius 1 is 1.13 bits per heavy atom. The van der Waals surface area contributed by atoms with E-state index in [1.807, 2.05) is 24.3 Å². The first-order valence-corrected chi connectivity index (χ1v) is 9.69. The summed E-state index contributed by atoms with van der Waals surface area (Å²) in [6.45, 7) is 0.512. The van der Waals surface area contributed by atoms with Crippen LogP contribution in [0.4, 0.5) is 0 Å². The van der Waals surface area contributed by atoms with Crippen LogP contribution >= 0.6 is 0 Å². The summed E-state index contributed by atoms with van der Waals surface area (Å²) in [4.78, 5) is 4.45. The second-order valence-corrected chi connectivity index (χ2v) is 7.43. The van der Waals surface area contributed by atoms with E-state index in [4.69, 9.17) is 4.74 Å². The van der Waals surface area contributed by atoms with E-state index in [9.17, 15) is 5.11 Å². The molecule has 0 radical (unpaired) electrons. The van der Waals surface area contributed by atoms with Gasteiger partial charge in [0, 0.05) is 0 Å². The Morgan fingerprint density at radius 3 is 2.70 bits per heavy atom. The number of hydrogen-bond acceptors (Lipinski definition) is 3. The van der Waals surface area contributed by atoms with Gasteiger partial charge in [0.2, 0.25) is 0 Å². The molecule has 2 aromatic carbocycles. The van der Waals surface area contributed by atoms with E-state index in [0.29, 0.717) is 27.5 Å². The molecule has 1 aliphatic rings. The molecule has 1 atom stereocenters. The molecule has 23 heavy (non-hydrogen) atoms. The molecule has 3 nitrogen and oxygen atoms in total. The monoisotopic (exact) mass is 373 g/mol. The molecule has 0 fully saturated rings. The molecule has 0 spiro atoms.